The lowest BCUT2D eigenvalue weighted by Crippen LogP contribution is -1.95. The highest BCUT2D eigenvalue weighted by Crippen LogP contribution is 2.35. The van der Waals surface area contributed by atoms with E-state index in [1.165, 1.54) is 6.21 Å². The van der Waals surface area contributed by atoms with Gasteiger partial charge in [-0.2, -0.15) is 0 Å². The van der Waals surface area contributed by atoms with E-state index in [2.05, 4.69) is 19.0 Å². The van der Waals surface area contributed by atoms with E-state index in [1.807, 2.05) is 25.1 Å². The number of carboxylic acids is 1. The Kier molecular flexibility index (Phi) is 3.74. The van der Waals surface area contributed by atoms with Crippen LogP contribution in [0.2, 0.25) is 0 Å². The molecule has 0 heterocycles. The van der Waals surface area contributed by atoms with Crippen LogP contribution in [0.3, 0.4) is 0 Å². The molecule has 0 amide bonds. The zero-order valence-corrected chi connectivity index (χ0v) is 11.7. The number of fused-ring (bicyclic) bond motifs is 1. The summed E-state index contributed by atoms with van der Waals surface area (Å²) < 4.78 is 0. The fourth-order valence-electron chi connectivity index (χ4n) is 2.39. The zero-order valence-electron chi connectivity index (χ0n) is 11.7. The minimum absolute atomic E-state index is 0.235. The molecule has 0 saturated carbocycles. The number of aryl methyl sites for hydroxylation is 1. The van der Waals surface area contributed by atoms with Gasteiger partial charge in [0, 0.05) is 5.56 Å². The number of aromatic carboxylic acids is 1. The maximum atomic E-state index is 11.4. The normalized spacial score (nSPS) is 11.6. The fourth-order valence-corrected chi connectivity index (χ4v) is 2.39. The number of carboxylic acid groups (broad SMARTS) is 1. The highest BCUT2D eigenvalue weighted by molar-refractivity contribution is 6.05. The van der Waals surface area contributed by atoms with Crippen LogP contribution in [0.25, 0.3) is 11.1 Å². The molecule has 0 aromatic heterocycles. The van der Waals surface area contributed by atoms with Gasteiger partial charge in [0.15, 0.2) is 0 Å². The number of hydrogen-bond donors (Lipinski definition) is 2. The first-order valence-electron chi connectivity index (χ1n) is 6.43. The molecule has 4 nitrogen and oxygen atoms in total. The van der Waals surface area contributed by atoms with Crippen molar-refractivity contribution in [1.82, 2.24) is 0 Å². The Hall–Kier alpha value is -2.36. The molecule has 2 rings (SSSR count). The number of nitrogens with zero attached hydrogens (tertiary/aromatic N) is 1. The molecule has 0 atom stereocenters. The van der Waals surface area contributed by atoms with E-state index >= 15 is 0 Å². The van der Waals surface area contributed by atoms with E-state index in [9.17, 15) is 9.90 Å². The Labute approximate surface area is 117 Å². The largest absolute Gasteiger partial charge is 0.478 e. The summed E-state index contributed by atoms with van der Waals surface area (Å²) >= 11 is 0. The molecular weight excluding hydrogens is 254 g/mol. The summed E-state index contributed by atoms with van der Waals surface area (Å²) in [5.41, 5.74) is 4.34. The molecule has 104 valence electrons. The SMILES string of the molecule is Cc1ccc(C(C)C)cc2c(C=NO)cc(C(=O)O)c1-2. The number of rotatable bonds is 3. The van der Waals surface area contributed by atoms with Crippen LogP contribution in [0.5, 0.6) is 0 Å². The first-order valence-corrected chi connectivity index (χ1v) is 6.43. The molecule has 2 aliphatic carbocycles. The van der Waals surface area contributed by atoms with Gasteiger partial charge in [0.2, 0.25) is 0 Å². The van der Waals surface area contributed by atoms with Crippen LogP contribution >= 0.6 is 0 Å². The van der Waals surface area contributed by atoms with Crippen molar-refractivity contribution in [2.45, 2.75) is 26.7 Å². The molecule has 4 heteroatoms. The van der Waals surface area contributed by atoms with Crippen molar-refractivity contribution in [2.24, 2.45) is 5.16 Å². The van der Waals surface area contributed by atoms with Crippen LogP contribution < -0.4 is 0 Å². The zero-order chi connectivity index (χ0) is 14.9. The molecule has 2 N–H and O–H groups in total. The molecule has 20 heavy (non-hydrogen) atoms. The second kappa shape index (κ2) is 5.33. The van der Waals surface area contributed by atoms with Crippen LogP contribution in [-0.4, -0.2) is 22.5 Å². The number of hydrogen-bond acceptors (Lipinski definition) is 3. The Balaban J connectivity index is 2.84. The van der Waals surface area contributed by atoms with Crippen molar-refractivity contribution in [1.29, 1.82) is 0 Å². The van der Waals surface area contributed by atoms with Gasteiger partial charge in [-0.05, 0) is 41.2 Å². The summed E-state index contributed by atoms with van der Waals surface area (Å²) in [7, 11) is 0. The van der Waals surface area contributed by atoms with Gasteiger partial charge >= 0.3 is 5.97 Å². The van der Waals surface area contributed by atoms with Gasteiger partial charge in [0.25, 0.3) is 0 Å². The predicted octanol–water partition coefficient (Wildman–Crippen LogP) is 3.73. The van der Waals surface area contributed by atoms with E-state index in [4.69, 9.17) is 5.21 Å². The van der Waals surface area contributed by atoms with Crippen LogP contribution in [0, 0.1) is 6.92 Å². The average Bonchev–Trinajstić information content (AvgIpc) is 2.63. The highest BCUT2D eigenvalue weighted by Gasteiger charge is 2.21. The minimum Gasteiger partial charge on any atom is -0.478 e. The monoisotopic (exact) mass is 271 g/mol. The Bertz CT molecular complexity index is 659. The first-order chi connectivity index (χ1) is 9.45. The van der Waals surface area contributed by atoms with Crippen molar-refractivity contribution in [3.05, 3.63) is 46.5 Å². The fraction of sp³-hybridized carbons (Fsp3) is 0.250. The lowest BCUT2D eigenvalue weighted by atomic mass is 10.0. The van der Waals surface area contributed by atoms with Crippen molar-refractivity contribution in [3.8, 4) is 11.1 Å². The maximum absolute atomic E-state index is 11.4. The Morgan fingerprint density at radius 1 is 1.30 bits per heavy atom. The van der Waals surface area contributed by atoms with Gasteiger partial charge in [-0.15, -0.1) is 0 Å². The summed E-state index contributed by atoms with van der Waals surface area (Å²) in [5, 5.41) is 21.1. The highest BCUT2D eigenvalue weighted by atomic mass is 16.4. The smallest absolute Gasteiger partial charge is 0.336 e. The van der Waals surface area contributed by atoms with Gasteiger partial charge in [-0.3, -0.25) is 0 Å². The molecule has 0 unspecified atom stereocenters. The molecular formula is C16H17NO3. The predicted molar refractivity (Wildman–Crippen MR) is 78.2 cm³/mol. The molecule has 0 spiro atoms. The minimum atomic E-state index is -0.979. The lowest BCUT2D eigenvalue weighted by Gasteiger charge is -2.04. The third kappa shape index (κ3) is 2.37. The number of oxime groups is 1. The van der Waals surface area contributed by atoms with E-state index in [0.717, 1.165) is 16.7 Å². The van der Waals surface area contributed by atoms with Crippen LogP contribution in [0.1, 0.15) is 46.8 Å². The Morgan fingerprint density at radius 3 is 2.55 bits per heavy atom. The van der Waals surface area contributed by atoms with E-state index in [1.54, 1.807) is 6.07 Å². The Morgan fingerprint density at radius 2 is 2.00 bits per heavy atom. The standard InChI is InChI=1S/C16H17NO3/c1-9(2)11-5-4-10(3)15-13(6-11)12(8-17-20)7-14(15)16(18)19/h4-9,20H,1-3H3,(H,18,19). The first kappa shape index (κ1) is 14.1. The second-order valence-corrected chi connectivity index (χ2v) is 5.17. The summed E-state index contributed by atoms with van der Waals surface area (Å²) in [6, 6.07) is 7.45. The maximum Gasteiger partial charge on any atom is 0.336 e. The molecule has 0 fully saturated rings. The second-order valence-electron chi connectivity index (χ2n) is 5.17. The average molecular weight is 271 g/mol. The molecule has 0 saturated heterocycles. The van der Waals surface area contributed by atoms with Crippen molar-refractivity contribution >= 4 is 12.2 Å². The van der Waals surface area contributed by atoms with Gasteiger partial charge in [-0.25, -0.2) is 4.79 Å². The summed E-state index contributed by atoms with van der Waals surface area (Å²) in [6.45, 7) is 6.05. The third-order valence-corrected chi connectivity index (χ3v) is 3.47. The number of carbonyl (C=O) groups is 1. The third-order valence-electron chi connectivity index (χ3n) is 3.47. The van der Waals surface area contributed by atoms with E-state index in [0.29, 0.717) is 17.0 Å². The van der Waals surface area contributed by atoms with Gasteiger partial charge in [-0.1, -0.05) is 37.2 Å². The van der Waals surface area contributed by atoms with E-state index < -0.39 is 5.97 Å². The van der Waals surface area contributed by atoms with E-state index in [-0.39, 0.29) is 5.56 Å². The van der Waals surface area contributed by atoms with Crippen molar-refractivity contribution in [2.75, 3.05) is 0 Å². The summed E-state index contributed by atoms with van der Waals surface area (Å²) in [6.07, 6.45) is 1.28. The summed E-state index contributed by atoms with van der Waals surface area (Å²) in [5.74, 6) is -0.653. The molecule has 0 radical (unpaired) electrons. The topological polar surface area (TPSA) is 69.9 Å². The quantitative estimate of drug-likeness (QED) is 0.507. The summed E-state index contributed by atoms with van der Waals surface area (Å²) in [4.78, 5) is 11.4. The van der Waals surface area contributed by atoms with Crippen molar-refractivity contribution in [3.63, 3.8) is 0 Å². The molecule has 0 aliphatic heterocycles. The molecule has 2 aliphatic rings. The van der Waals surface area contributed by atoms with Crippen LogP contribution in [-0.2, 0) is 0 Å². The molecule has 0 aromatic rings. The van der Waals surface area contributed by atoms with Gasteiger partial charge < -0.3 is 10.3 Å². The van der Waals surface area contributed by atoms with Crippen LogP contribution in [0.4, 0.5) is 0 Å². The molecule has 0 aromatic carbocycles. The van der Waals surface area contributed by atoms with Crippen LogP contribution in [0.15, 0.2) is 29.4 Å². The van der Waals surface area contributed by atoms with Gasteiger partial charge in [0.05, 0.1) is 11.8 Å². The van der Waals surface area contributed by atoms with Gasteiger partial charge in [0.1, 0.15) is 0 Å². The molecule has 0 bridgehead atoms. The lowest BCUT2D eigenvalue weighted by molar-refractivity contribution is 0.0698. The van der Waals surface area contributed by atoms with Crippen molar-refractivity contribution < 1.29 is 15.1 Å².